The van der Waals surface area contributed by atoms with E-state index in [9.17, 15) is 26.4 Å². The van der Waals surface area contributed by atoms with Gasteiger partial charge in [-0.25, -0.2) is 9.59 Å². The maximum atomic E-state index is 12.6. The lowest BCUT2D eigenvalue weighted by molar-refractivity contribution is 0.0734. The molecule has 0 heterocycles. The van der Waals surface area contributed by atoms with E-state index in [0.717, 1.165) is 30.3 Å². The number of carbonyl (C=O) groups excluding carboxylic acids is 2. The lowest BCUT2D eigenvalue weighted by atomic mass is 10.2. The summed E-state index contributed by atoms with van der Waals surface area (Å²) in [6.07, 6.45) is 0. The van der Waals surface area contributed by atoms with Crippen LogP contribution in [0.3, 0.4) is 0 Å². The highest BCUT2D eigenvalue weighted by molar-refractivity contribution is 7.87. The molecule has 3 aromatic carbocycles. The molecule has 0 saturated carbocycles. The van der Waals surface area contributed by atoms with Crippen molar-refractivity contribution in [1.82, 2.24) is 0 Å². The second-order valence-corrected chi connectivity index (χ2v) is 10.3. The van der Waals surface area contributed by atoms with Crippen LogP contribution >= 0.6 is 0 Å². The van der Waals surface area contributed by atoms with Gasteiger partial charge in [0.05, 0.1) is 42.4 Å². The average molecular weight is 552 g/mol. The number of anilines is 3. The number of benzene rings is 3. The highest BCUT2D eigenvalue weighted by atomic mass is 32.2. The number of carbonyl (C=O) groups is 2. The van der Waals surface area contributed by atoms with E-state index in [-0.39, 0.29) is 34.0 Å². The average Bonchev–Trinajstić information content (AvgIpc) is 2.83. The number of rotatable bonds is 8. The summed E-state index contributed by atoms with van der Waals surface area (Å²) in [4.78, 5) is 23.3. The van der Waals surface area contributed by atoms with Crippen LogP contribution in [0.25, 0.3) is 0 Å². The Kier molecular flexibility index (Phi) is 7.50. The van der Waals surface area contributed by atoms with Gasteiger partial charge >= 0.3 is 32.2 Å². The number of hydrogen-bond acceptors (Lipinski definition) is 13. The van der Waals surface area contributed by atoms with Gasteiger partial charge in [0.25, 0.3) is 0 Å². The Morgan fingerprint density at radius 3 is 1.49 bits per heavy atom. The van der Waals surface area contributed by atoms with Crippen LogP contribution < -0.4 is 26.7 Å². The Morgan fingerprint density at radius 2 is 1.08 bits per heavy atom. The van der Waals surface area contributed by atoms with Crippen molar-refractivity contribution in [1.29, 1.82) is 0 Å². The van der Waals surface area contributed by atoms with Crippen LogP contribution in [-0.4, -0.2) is 43.0 Å². The summed E-state index contributed by atoms with van der Waals surface area (Å²) in [5, 5.41) is 0. The van der Waals surface area contributed by atoms with Crippen molar-refractivity contribution >= 4 is 49.2 Å². The molecular weight excluding hydrogens is 530 g/mol. The first-order valence-corrected chi connectivity index (χ1v) is 12.8. The molecule has 3 rings (SSSR count). The third-order valence-electron chi connectivity index (χ3n) is 4.84. The Hall–Kier alpha value is -4.50. The first kappa shape index (κ1) is 27.1. The van der Waals surface area contributed by atoms with Gasteiger partial charge < -0.3 is 35.0 Å². The van der Waals surface area contributed by atoms with E-state index >= 15 is 0 Å². The Balaban J connectivity index is 1.81. The molecule has 196 valence electrons. The minimum Gasteiger partial charge on any atom is -0.495 e. The normalized spacial score (nSPS) is 11.4. The van der Waals surface area contributed by atoms with Crippen molar-refractivity contribution in [2.24, 2.45) is 0 Å². The molecule has 0 radical (unpaired) electrons. The molecule has 0 spiro atoms. The summed E-state index contributed by atoms with van der Waals surface area (Å²) < 4.78 is 69.5. The molecule has 0 amide bonds. The van der Waals surface area contributed by atoms with E-state index in [1.165, 1.54) is 38.5 Å². The number of hydrogen-bond donors (Lipinski definition) is 3. The second kappa shape index (κ2) is 10.2. The number of nitrogen functional groups attached to an aromatic ring is 3. The molecule has 37 heavy (non-hydrogen) atoms. The first-order chi connectivity index (χ1) is 17.3. The van der Waals surface area contributed by atoms with Crippen LogP contribution in [-0.2, 0) is 28.6 Å². The molecule has 0 atom stereocenters. The predicted octanol–water partition coefficient (Wildman–Crippen LogP) is 1.54. The van der Waals surface area contributed by atoms with Gasteiger partial charge in [-0.2, -0.15) is 16.8 Å². The number of nitrogens with two attached hydrogens (primary N) is 3. The summed E-state index contributed by atoms with van der Waals surface area (Å²) in [7, 11) is -6.79. The van der Waals surface area contributed by atoms with Crippen LogP contribution in [0.2, 0.25) is 0 Å². The smallest absolute Gasteiger partial charge is 0.354 e. The van der Waals surface area contributed by atoms with Crippen LogP contribution in [0.15, 0.2) is 64.4 Å². The molecule has 6 N–H and O–H groups in total. The molecule has 0 unspecified atom stereocenters. The highest BCUT2D eigenvalue weighted by Crippen LogP contribution is 2.28. The van der Waals surface area contributed by atoms with E-state index < -0.39 is 47.7 Å². The van der Waals surface area contributed by atoms with Crippen LogP contribution in [0.4, 0.5) is 17.1 Å². The molecule has 0 aliphatic heterocycles. The molecule has 3 aromatic rings. The summed E-state index contributed by atoms with van der Waals surface area (Å²) >= 11 is 0. The maximum Gasteiger partial charge on any atom is 0.354 e. The van der Waals surface area contributed by atoms with Crippen molar-refractivity contribution in [3.8, 4) is 11.5 Å². The van der Waals surface area contributed by atoms with E-state index in [2.05, 4.69) is 8.37 Å². The van der Waals surface area contributed by atoms with Crippen molar-refractivity contribution in [3.63, 3.8) is 0 Å². The lowest BCUT2D eigenvalue weighted by Gasteiger charge is -2.11. The predicted molar refractivity (Wildman–Crippen MR) is 131 cm³/mol. The van der Waals surface area contributed by atoms with Gasteiger partial charge in [0.15, 0.2) is 0 Å². The van der Waals surface area contributed by atoms with Gasteiger partial charge in [-0.1, -0.05) is 0 Å². The van der Waals surface area contributed by atoms with Gasteiger partial charge in [0.1, 0.15) is 21.3 Å². The third-order valence-corrected chi connectivity index (χ3v) is 7.32. The van der Waals surface area contributed by atoms with E-state index in [0.29, 0.717) is 0 Å². The van der Waals surface area contributed by atoms with E-state index in [1.54, 1.807) is 0 Å². The molecule has 15 heteroatoms. The Morgan fingerprint density at radius 1 is 0.622 bits per heavy atom. The number of ether oxygens (including phenoxy) is 2. The molecule has 13 nitrogen and oxygen atoms in total. The monoisotopic (exact) mass is 551 g/mol. The van der Waals surface area contributed by atoms with Gasteiger partial charge in [0, 0.05) is 0 Å². The fraction of sp³-hybridized carbons (Fsp3) is 0.0909. The molecule has 0 fully saturated rings. The topological polar surface area (TPSA) is 217 Å². The largest absolute Gasteiger partial charge is 0.495 e. The molecule has 0 aliphatic carbocycles. The van der Waals surface area contributed by atoms with Crippen molar-refractivity contribution < 1.29 is 44.3 Å². The Bertz CT molecular complexity index is 1600. The zero-order chi connectivity index (χ0) is 27.5. The van der Waals surface area contributed by atoms with Gasteiger partial charge in [-0.05, 0) is 54.6 Å². The zero-order valence-corrected chi connectivity index (χ0v) is 21.0. The molecule has 0 bridgehead atoms. The fourth-order valence-electron chi connectivity index (χ4n) is 3.02. The third kappa shape index (κ3) is 5.84. The first-order valence-electron chi connectivity index (χ1n) is 10.0. The summed E-state index contributed by atoms with van der Waals surface area (Å²) in [5.74, 6) is -1.99. The summed E-state index contributed by atoms with van der Waals surface area (Å²) in [6.45, 7) is 0. The van der Waals surface area contributed by atoms with E-state index in [1.807, 2.05) is 0 Å². The molecule has 0 aromatic heterocycles. The lowest BCUT2D eigenvalue weighted by Crippen LogP contribution is -2.17. The van der Waals surface area contributed by atoms with Crippen molar-refractivity contribution in [2.75, 3.05) is 31.4 Å². The maximum absolute atomic E-state index is 12.6. The molecule has 0 saturated heterocycles. The fourth-order valence-corrected chi connectivity index (χ4v) is 4.89. The van der Waals surface area contributed by atoms with Crippen LogP contribution in [0, 0.1) is 0 Å². The highest BCUT2D eigenvalue weighted by Gasteiger charge is 2.28. The second-order valence-electron chi connectivity index (χ2n) is 7.26. The van der Waals surface area contributed by atoms with E-state index in [4.69, 9.17) is 26.7 Å². The van der Waals surface area contributed by atoms with Crippen LogP contribution in [0.1, 0.15) is 20.7 Å². The summed E-state index contributed by atoms with van der Waals surface area (Å²) in [5.41, 5.74) is 16.3. The van der Waals surface area contributed by atoms with Gasteiger partial charge in [0.2, 0.25) is 0 Å². The van der Waals surface area contributed by atoms with Crippen LogP contribution in [0.5, 0.6) is 11.5 Å². The SMILES string of the molecule is COc1ccc(C(=O)OS(=O)(=O)c2ccc(S(=O)(=O)OC(=O)c3ccc(OC)c(N)c3)c(N)c2)cc1N. The van der Waals surface area contributed by atoms with Gasteiger partial charge in [-0.15, -0.1) is 0 Å². The zero-order valence-electron chi connectivity index (χ0n) is 19.3. The van der Waals surface area contributed by atoms with Crippen molar-refractivity contribution in [2.45, 2.75) is 9.79 Å². The molecular formula is C22H21N3O10S2. The standard InChI is InChI=1S/C22H21N3O10S2/c1-32-18-6-3-12(9-15(18)23)21(26)34-36(28,29)14-5-8-20(17(25)11-14)37(30,31)35-22(27)13-4-7-19(33-2)16(24)10-13/h3-11H,23-25H2,1-2H3. The number of methoxy groups -OCH3 is 2. The minimum atomic E-state index is -4.78. The molecule has 0 aliphatic rings. The van der Waals surface area contributed by atoms with Crippen molar-refractivity contribution in [3.05, 3.63) is 65.7 Å². The quantitative estimate of drug-likeness (QED) is 0.268. The Labute approximate surface area is 211 Å². The summed E-state index contributed by atoms with van der Waals surface area (Å²) in [6, 6.07) is 9.80. The van der Waals surface area contributed by atoms with Gasteiger partial charge in [-0.3, -0.25) is 0 Å². The minimum absolute atomic E-state index is 0.0651.